The quantitative estimate of drug-likeness (QED) is 0.561. The predicted molar refractivity (Wildman–Crippen MR) is 82.1 cm³/mol. The first kappa shape index (κ1) is 19.4. The first-order valence-corrected chi connectivity index (χ1v) is 8.16. The van der Waals surface area contributed by atoms with Crippen molar-refractivity contribution in [3.8, 4) is 0 Å². The van der Waals surface area contributed by atoms with Crippen molar-refractivity contribution in [1.29, 1.82) is 0 Å². The van der Waals surface area contributed by atoms with Gasteiger partial charge in [-0.05, 0) is 32.1 Å². The summed E-state index contributed by atoms with van der Waals surface area (Å²) in [6, 6.07) is -1.10. The standard InChI is InChI=1S/C16H27NO6/c1-4-8-13(19)21-12(3)22-15(20)14(17)16(23-11(2)18)9-6-5-7-10-16/h12,14H,4-10,17H2,1-3H3. The number of esters is 3. The van der Waals surface area contributed by atoms with E-state index in [2.05, 4.69) is 0 Å². The third-order valence-corrected chi connectivity index (χ3v) is 3.90. The largest absolute Gasteiger partial charge is 0.457 e. The Bertz CT molecular complexity index is 430. The van der Waals surface area contributed by atoms with E-state index in [0.29, 0.717) is 19.3 Å². The van der Waals surface area contributed by atoms with Gasteiger partial charge < -0.3 is 19.9 Å². The summed E-state index contributed by atoms with van der Waals surface area (Å²) in [6.45, 7) is 4.60. The van der Waals surface area contributed by atoms with Gasteiger partial charge in [0.1, 0.15) is 11.6 Å². The zero-order valence-corrected chi connectivity index (χ0v) is 14.1. The number of carbonyl (C=O) groups excluding carboxylic acids is 3. The number of ether oxygens (including phenoxy) is 3. The molecule has 1 aliphatic carbocycles. The number of nitrogens with two attached hydrogens (primary N) is 1. The second kappa shape index (κ2) is 8.86. The third kappa shape index (κ3) is 5.82. The normalized spacial score (nSPS) is 19.3. The molecule has 0 amide bonds. The Kier molecular flexibility index (Phi) is 7.48. The van der Waals surface area contributed by atoms with Crippen LogP contribution in [0.4, 0.5) is 0 Å². The monoisotopic (exact) mass is 329 g/mol. The summed E-state index contributed by atoms with van der Waals surface area (Å²) in [5.74, 6) is -1.64. The average Bonchev–Trinajstić information content (AvgIpc) is 2.46. The highest BCUT2D eigenvalue weighted by Crippen LogP contribution is 2.34. The molecule has 132 valence electrons. The third-order valence-electron chi connectivity index (χ3n) is 3.90. The Morgan fingerprint density at radius 3 is 2.26 bits per heavy atom. The van der Waals surface area contributed by atoms with Crippen LogP contribution in [0.2, 0.25) is 0 Å². The summed E-state index contributed by atoms with van der Waals surface area (Å²) in [5.41, 5.74) is 4.99. The molecule has 0 aromatic carbocycles. The van der Waals surface area contributed by atoms with Gasteiger partial charge in [-0.2, -0.15) is 0 Å². The maximum absolute atomic E-state index is 12.2. The Labute approximate surface area is 136 Å². The molecule has 0 aromatic heterocycles. The highest BCUT2D eigenvalue weighted by Gasteiger charge is 2.46. The SMILES string of the molecule is CCCC(=O)OC(C)OC(=O)C(N)C1(OC(C)=O)CCCCC1. The van der Waals surface area contributed by atoms with Gasteiger partial charge in [0.05, 0.1) is 0 Å². The zero-order chi connectivity index (χ0) is 17.5. The lowest BCUT2D eigenvalue weighted by molar-refractivity contribution is -0.192. The van der Waals surface area contributed by atoms with Crippen LogP contribution in [-0.2, 0) is 28.6 Å². The summed E-state index contributed by atoms with van der Waals surface area (Å²) in [6.07, 6.45) is 3.59. The van der Waals surface area contributed by atoms with Crippen LogP contribution in [0.15, 0.2) is 0 Å². The van der Waals surface area contributed by atoms with Gasteiger partial charge in [-0.15, -0.1) is 0 Å². The molecular weight excluding hydrogens is 302 g/mol. The van der Waals surface area contributed by atoms with Gasteiger partial charge in [-0.25, -0.2) is 0 Å². The predicted octanol–water partition coefficient (Wildman–Crippen LogP) is 1.81. The summed E-state index contributed by atoms with van der Waals surface area (Å²) in [4.78, 5) is 35.0. The average molecular weight is 329 g/mol. The van der Waals surface area contributed by atoms with E-state index in [0.717, 1.165) is 19.3 Å². The van der Waals surface area contributed by atoms with E-state index in [4.69, 9.17) is 19.9 Å². The van der Waals surface area contributed by atoms with E-state index in [9.17, 15) is 14.4 Å². The fraction of sp³-hybridized carbons (Fsp3) is 0.812. The first-order valence-electron chi connectivity index (χ1n) is 8.16. The van der Waals surface area contributed by atoms with E-state index < -0.39 is 35.8 Å². The van der Waals surface area contributed by atoms with Crippen molar-refractivity contribution in [2.24, 2.45) is 5.73 Å². The summed E-state index contributed by atoms with van der Waals surface area (Å²) < 4.78 is 15.4. The van der Waals surface area contributed by atoms with Crippen LogP contribution in [0.3, 0.4) is 0 Å². The highest BCUT2D eigenvalue weighted by atomic mass is 16.7. The fourth-order valence-electron chi connectivity index (χ4n) is 2.84. The Balaban J connectivity index is 2.67. The maximum Gasteiger partial charge on any atom is 0.330 e. The van der Waals surface area contributed by atoms with Gasteiger partial charge in [-0.3, -0.25) is 14.4 Å². The molecule has 1 saturated carbocycles. The van der Waals surface area contributed by atoms with Crippen LogP contribution >= 0.6 is 0 Å². The molecule has 2 N–H and O–H groups in total. The second-order valence-electron chi connectivity index (χ2n) is 5.94. The van der Waals surface area contributed by atoms with Crippen molar-refractivity contribution >= 4 is 17.9 Å². The molecule has 0 saturated heterocycles. The highest BCUT2D eigenvalue weighted by molar-refractivity contribution is 5.78. The molecule has 0 aromatic rings. The molecule has 0 bridgehead atoms. The van der Waals surface area contributed by atoms with Gasteiger partial charge >= 0.3 is 17.9 Å². The Hall–Kier alpha value is -1.63. The molecule has 7 heteroatoms. The molecule has 7 nitrogen and oxygen atoms in total. The molecular formula is C16H27NO6. The smallest absolute Gasteiger partial charge is 0.330 e. The molecule has 0 radical (unpaired) electrons. The lowest BCUT2D eigenvalue weighted by Gasteiger charge is -2.39. The van der Waals surface area contributed by atoms with Crippen LogP contribution < -0.4 is 5.73 Å². The number of rotatable bonds is 7. The zero-order valence-electron chi connectivity index (χ0n) is 14.1. The summed E-state index contributed by atoms with van der Waals surface area (Å²) in [5, 5.41) is 0. The lowest BCUT2D eigenvalue weighted by atomic mass is 9.79. The van der Waals surface area contributed by atoms with Crippen molar-refractivity contribution in [2.45, 2.75) is 83.6 Å². The maximum atomic E-state index is 12.2. The number of hydrogen-bond donors (Lipinski definition) is 1. The van der Waals surface area contributed by atoms with Gasteiger partial charge in [0.2, 0.25) is 6.29 Å². The van der Waals surface area contributed by atoms with E-state index in [1.54, 1.807) is 0 Å². The van der Waals surface area contributed by atoms with Crippen LogP contribution in [-0.4, -0.2) is 35.8 Å². The van der Waals surface area contributed by atoms with Gasteiger partial charge in [0, 0.05) is 20.3 Å². The Morgan fingerprint density at radius 2 is 1.74 bits per heavy atom. The van der Waals surface area contributed by atoms with Crippen LogP contribution in [0, 0.1) is 0 Å². The first-order chi connectivity index (χ1) is 10.8. The van der Waals surface area contributed by atoms with E-state index >= 15 is 0 Å². The molecule has 2 atom stereocenters. The van der Waals surface area contributed by atoms with Gasteiger partial charge in [0.25, 0.3) is 0 Å². The van der Waals surface area contributed by atoms with Crippen molar-refractivity contribution in [3.05, 3.63) is 0 Å². The summed E-state index contributed by atoms with van der Waals surface area (Å²) in [7, 11) is 0. The fourth-order valence-corrected chi connectivity index (χ4v) is 2.84. The molecule has 1 aliphatic rings. The van der Waals surface area contributed by atoms with E-state index in [-0.39, 0.29) is 6.42 Å². The van der Waals surface area contributed by atoms with Crippen LogP contribution in [0.1, 0.15) is 65.7 Å². The molecule has 0 spiro atoms. The van der Waals surface area contributed by atoms with E-state index in [1.165, 1.54) is 13.8 Å². The van der Waals surface area contributed by atoms with Gasteiger partial charge in [0.15, 0.2) is 0 Å². The number of carbonyl (C=O) groups is 3. The summed E-state index contributed by atoms with van der Waals surface area (Å²) >= 11 is 0. The number of hydrogen-bond acceptors (Lipinski definition) is 7. The molecule has 0 heterocycles. The molecule has 1 rings (SSSR count). The molecule has 23 heavy (non-hydrogen) atoms. The molecule has 2 unspecified atom stereocenters. The van der Waals surface area contributed by atoms with Crippen molar-refractivity contribution in [3.63, 3.8) is 0 Å². The Morgan fingerprint density at radius 1 is 1.13 bits per heavy atom. The van der Waals surface area contributed by atoms with Crippen LogP contribution in [0.5, 0.6) is 0 Å². The van der Waals surface area contributed by atoms with Crippen molar-refractivity contribution < 1.29 is 28.6 Å². The van der Waals surface area contributed by atoms with Crippen molar-refractivity contribution in [2.75, 3.05) is 0 Å². The van der Waals surface area contributed by atoms with Gasteiger partial charge in [-0.1, -0.05) is 13.3 Å². The minimum Gasteiger partial charge on any atom is -0.457 e. The van der Waals surface area contributed by atoms with Crippen molar-refractivity contribution in [1.82, 2.24) is 0 Å². The topological polar surface area (TPSA) is 105 Å². The molecule has 0 aliphatic heterocycles. The second-order valence-corrected chi connectivity index (χ2v) is 5.94. The minimum absolute atomic E-state index is 0.255. The van der Waals surface area contributed by atoms with E-state index in [1.807, 2.05) is 6.92 Å². The minimum atomic E-state index is -1.10. The van der Waals surface area contributed by atoms with Crippen LogP contribution in [0.25, 0.3) is 0 Å². The lowest BCUT2D eigenvalue weighted by Crippen LogP contribution is -2.57. The molecule has 1 fully saturated rings.